The summed E-state index contributed by atoms with van der Waals surface area (Å²) in [7, 11) is 2.04. The van der Waals surface area contributed by atoms with E-state index < -0.39 is 5.97 Å². The van der Waals surface area contributed by atoms with Gasteiger partial charge in [-0.15, -0.1) is 12.4 Å². The van der Waals surface area contributed by atoms with Crippen LogP contribution in [-0.4, -0.2) is 36.1 Å². The molecule has 0 saturated carbocycles. The Hall–Kier alpha value is -0.280. The van der Waals surface area contributed by atoms with E-state index >= 15 is 0 Å². The third-order valence-corrected chi connectivity index (χ3v) is 2.72. The maximum Gasteiger partial charge on any atom is 0.307 e. The Labute approximate surface area is 85.5 Å². The molecule has 1 heterocycles. The van der Waals surface area contributed by atoms with E-state index in [-0.39, 0.29) is 23.7 Å². The fourth-order valence-electron chi connectivity index (χ4n) is 2.08. The van der Waals surface area contributed by atoms with Gasteiger partial charge in [0.1, 0.15) is 0 Å². The van der Waals surface area contributed by atoms with Crippen LogP contribution in [0, 0.1) is 11.3 Å². The molecular weight excluding hydrogens is 190 g/mol. The number of carbonyl (C=O) groups is 1. The summed E-state index contributed by atoms with van der Waals surface area (Å²) in [6.45, 7) is 5.84. The summed E-state index contributed by atoms with van der Waals surface area (Å²) in [6, 6.07) is 0. The van der Waals surface area contributed by atoms with Gasteiger partial charge in [-0.1, -0.05) is 13.8 Å². The normalized spacial score (nSPS) is 27.8. The molecule has 1 atom stereocenters. The summed E-state index contributed by atoms with van der Waals surface area (Å²) < 4.78 is 0. The number of carboxylic acids is 1. The number of rotatable bonds is 1. The molecule has 0 amide bonds. The van der Waals surface area contributed by atoms with Gasteiger partial charge in [-0.3, -0.25) is 4.79 Å². The van der Waals surface area contributed by atoms with Crippen LogP contribution in [0.15, 0.2) is 0 Å². The number of aliphatic carboxylic acids is 1. The molecule has 0 aliphatic carbocycles. The van der Waals surface area contributed by atoms with Gasteiger partial charge in [-0.25, -0.2) is 0 Å². The van der Waals surface area contributed by atoms with Crippen LogP contribution in [0.4, 0.5) is 0 Å². The quantitative estimate of drug-likeness (QED) is 0.708. The monoisotopic (exact) mass is 207 g/mol. The summed E-state index contributed by atoms with van der Waals surface area (Å²) in [5.41, 5.74) is -0.0845. The predicted molar refractivity (Wildman–Crippen MR) is 54.3 cm³/mol. The molecule has 1 N–H and O–H groups in total. The van der Waals surface area contributed by atoms with E-state index in [9.17, 15) is 4.79 Å². The van der Waals surface area contributed by atoms with Crippen LogP contribution in [0.2, 0.25) is 0 Å². The maximum absolute atomic E-state index is 10.9. The average molecular weight is 208 g/mol. The van der Waals surface area contributed by atoms with Gasteiger partial charge in [0.25, 0.3) is 0 Å². The Morgan fingerprint density at radius 3 is 2.46 bits per heavy atom. The molecular formula is C9H18ClNO2. The number of likely N-dealkylation sites (tertiary alicyclic amines) is 1. The third-order valence-electron chi connectivity index (χ3n) is 2.72. The topological polar surface area (TPSA) is 40.5 Å². The Morgan fingerprint density at radius 1 is 1.54 bits per heavy atom. The fourth-order valence-corrected chi connectivity index (χ4v) is 2.08. The molecule has 0 aromatic carbocycles. The van der Waals surface area contributed by atoms with Gasteiger partial charge in [0.15, 0.2) is 0 Å². The number of hydrogen-bond donors (Lipinski definition) is 1. The zero-order valence-corrected chi connectivity index (χ0v) is 9.23. The van der Waals surface area contributed by atoms with Gasteiger partial charge < -0.3 is 10.0 Å². The van der Waals surface area contributed by atoms with Crippen molar-refractivity contribution in [3.8, 4) is 0 Å². The van der Waals surface area contributed by atoms with Gasteiger partial charge in [0.05, 0.1) is 5.92 Å². The highest BCUT2D eigenvalue weighted by atomic mass is 35.5. The minimum atomic E-state index is -0.645. The Kier molecular flexibility index (Phi) is 4.20. The number of halogens is 1. The molecule has 1 aliphatic heterocycles. The summed E-state index contributed by atoms with van der Waals surface area (Å²) in [5.74, 6) is -0.818. The van der Waals surface area contributed by atoms with Crippen molar-refractivity contribution in [2.75, 3.05) is 20.1 Å². The van der Waals surface area contributed by atoms with E-state index in [2.05, 4.69) is 4.90 Å². The van der Waals surface area contributed by atoms with Crippen molar-refractivity contribution in [1.82, 2.24) is 4.90 Å². The zero-order chi connectivity index (χ0) is 9.35. The van der Waals surface area contributed by atoms with Gasteiger partial charge >= 0.3 is 5.97 Å². The maximum atomic E-state index is 10.9. The first kappa shape index (κ1) is 12.7. The molecule has 0 aromatic heterocycles. The van der Waals surface area contributed by atoms with Crippen LogP contribution in [0.25, 0.3) is 0 Å². The first-order chi connectivity index (χ1) is 5.43. The lowest BCUT2D eigenvalue weighted by Crippen LogP contribution is -2.46. The molecule has 4 heteroatoms. The Morgan fingerprint density at radius 2 is 2.08 bits per heavy atom. The van der Waals surface area contributed by atoms with Gasteiger partial charge in [0, 0.05) is 6.54 Å². The van der Waals surface area contributed by atoms with E-state index in [0.717, 1.165) is 19.5 Å². The number of carboxylic acid groups (broad SMARTS) is 1. The highest BCUT2D eigenvalue weighted by molar-refractivity contribution is 5.85. The molecule has 0 radical (unpaired) electrons. The van der Waals surface area contributed by atoms with Gasteiger partial charge in [-0.2, -0.15) is 0 Å². The minimum Gasteiger partial charge on any atom is -0.481 e. The largest absolute Gasteiger partial charge is 0.481 e. The van der Waals surface area contributed by atoms with Crippen molar-refractivity contribution in [3.05, 3.63) is 0 Å². The standard InChI is InChI=1S/C9H17NO2.ClH/c1-9(2)6-10(3)5-4-7(9)8(11)12;/h7H,4-6H2,1-3H3,(H,11,12);1H. The van der Waals surface area contributed by atoms with Crippen LogP contribution in [0.1, 0.15) is 20.3 Å². The van der Waals surface area contributed by atoms with Crippen LogP contribution >= 0.6 is 12.4 Å². The lowest BCUT2D eigenvalue weighted by atomic mass is 9.74. The second kappa shape index (κ2) is 4.29. The molecule has 1 fully saturated rings. The second-order valence-corrected chi connectivity index (χ2v) is 4.41. The lowest BCUT2D eigenvalue weighted by molar-refractivity contribution is -0.148. The highest BCUT2D eigenvalue weighted by Crippen LogP contribution is 2.34. The summed E-state index contributed by atoms with van der Waals surface area (Å²) in [4.78, 5) is 13.1. The fraction of sp³-hybridized carbons (Fsp3) is 0.889. The number of hydrogen-bond acceptors (Lipinski definition) is 2. The van der Waals surface area contributed by atoms with Crippen LogP contribution in [0.3, 0.4) is 0 Å². The smallest absolute Gasteiger partial charge is 0.307 e. The molecule has 1 aliphatic rings. The first-order valence-electron chi connectivity index (χ1n) is 4.35. The first-order valence-corrected chi connectivity index (χ1v) is 4.35. The molecule has 78 valence electrons. The summed E-state index contributed by atoms with van der Waals surface area (Å²) >= 11 is 0. The van der Waals surface area contributed by atoms with E-state index in [1.165, 1.54) is 0 Å². The van der Waals surface area contributed by atoms with E-state index in [1.54, 1.807) is 0 Å². The number of nitrogens with zero attached hydrogens (tertiary/aromatic N) is 1. The summed E-state index contributed by atoms with van der Waals surface area (Å²) in [5, 5.41) is 8.94. The van der Waals surface area contributed by atoms with Crippen LogP contribution in [0.5, 0.6) is 0 Å². The molecule has 3 nitrogen and oxygen atoms in total. The van der Waals surface area contributed by atoms with Crippen molar-refractivity contribution in [3.63, 3.8) is 0 Å². The van der Waals surface area contributed by atoms with E-state index in [0.29, 0.717) is 0 Å². The lowest BCUT2D eigenvalue weighted by Gasteiger charge is -2.40. The zero-order valence-electron chi connectivity index (χ0n) is 8.41. The summed E-state index contributed by atoms with van der Waals surface area (Å²) in [6.07, 6.45) is 0.777. The molecule has 1 unspecified atom stereocenters. The Bertz CT molecular complexity index is 194. The van der Waals surface area contributed by atoms with Crippen molar-refractivity contribution in [2.45, 2.75) is 20.3 Å². The SMILES string of the molecule is CN1CCC(C(=O)O)C(C)(C)C1.Cl. The molecule has 1 saturated heterocycles. The van der Waals surface area contributed by atoms with Gasteiger partial charge in [-0.05, 0) is 25.4 Å². The molecule has 0 aromatic rings. The van der Waals surface area contributed by atoms with Crippen molar-refractivity contribution in [2.24, 2.45) is 11.3 Å². The third kappa shape index (κ3) is 2.85. The molecule has 0 bridgehead atoms. The van der Waals surface area contributed by atoms with Gasteiger partial charge in [0.2, 0.25) is 0 Å². The van der Waals surface area contributed by atoms with E-state index in [1.807, 2.05) is 20.9 Å². The highest BCUT2D eigenvalue weighted by Gasteiger charge is 2.38. The molecule has 1 rings (SSSR count). The minimum absolute atomic E-state index is 0. The predicted octanol–water partition coefficient (Wildman–Crippen LogP) is 1.47. The van der Waals surface area contributed by atoms with Crippen molar-refractivity contribution >= 4 is 18.4 Å². The van der Waals surface area contributed by atoms with Crippen LogP contribution < -0.4 is 0 Å². The molecule has 0 spiro atoms. The Balaban J connectivity index is 0.00000144. The average Bonchev–Trinajstić information content (AvgIpc) is 1.82. The van der Waals surface area contributed by atoms with Crippen LogP contribution in [-0.2, 0) is 4.79 Å². The molecule has 13 heavy (non-hydrogen) atoms. The van der Waals surface area contributed by atoms with Crippen molar-refractivity contribution < 1.29 is 9.90 Å². The number of piperidine rings is 1. The van der Waals surface area contributed by atoms with E-state index in [4.69, 9.17) is 5.11 Å². The second-order valence-electron chi connectivity index (χ2n) is 4.41. The van der Waals surface area contributed by atoms with Crippen molar-refractivity contribution in [1.29, 1.82) is 0 Å².